The largest absolute Gasteiger partial charge is 0.481 e. The third-order valence-corrected chi connectivity index (χ3v) is 5.79. The van der Waals surface area contributed by atoms with Gasteiger partial charge in [-0.15, -0.1) is 5.73 Å². The van der Waals surface area contributed by atoms with Crippen molar-refractivity contribution in [3.63, 3.8) is 0 Å². The van der Waals surface area contributed by atoms with Crippen LogP contribution in [0, 0.1) is 5.82 Å². The van der Waals surface area contributed by atoms with Crippen LogP contribution in [0.15, 0.2) is 79.4 Å². The lowest BCUT2D eigenvalue weighted by molar-refractivity contribution is -0.130. The highest BCUT2D eigenvalue weighted by atomic mass is 19.1. The molecular formula is C27H27FN6O2. The molecule has 8 nitrogen and oxygen atoms in total. The molecule has 1 aliphatic rings. The van der Waals surface area contributed by atoms with E-state index in [1.54, 1.807) is 19.2 Å². The highest BCUT2D eigenvalue weighted by Crippen LogP contribution is 2.20. The summed E-state index contributed by atoms with van der Waals surface area (Å²) in [4.78, 5) is 29.4. The Morgan fingerprint density at radius 3 is 2.58 bits per heavy atom. The average Bonchev–Trinajstić information content (AvgIpc) is 2.94. The molecule has 0 unspecified atom stereocenters. The molecular weight excluding hydrogens is 459 g/mol. The van der Waals surface area contributed by atoms with Gasteiger partial charge in [0.05, 0.1) is 25.5 Å². The molecule has 0 radical (unpaired) electrons. The second kappa shape index (κ2) is 11.8. The van der Waals surface area contributed by atoms with Gasteiger partial charge in [-0.2, -0.15) is 0 Å². The summed E-state index contributed by atoms with van der Waals surface area (Å²) in [5.74, 6) is 0.851. The Bertz CT molecular complexity index is 1260. The Labute approximate surface area is 209 Å². The number of methoxy groups -OCH3 is 1. The van der Waals surface area contributed by atoms with Gasteiger partial charge in [-0.05, 0) is 23.8 Å². The van der Waals surface area contributed by atoms with E-state index in [2.05, 4.69) is 37.5 Å². The normalized spacial score (nSPS) is 13.7. The summed E-state index contributed by atoms with van der Waals surface area (Å²) in [6.07, 6.45) is 4.44. The van der Waals surface area contributed by atoms with Crippen molar-refractivity contribution in [2.45, 2.75) is 0 Å². The SMILES string of the molecule is C=C=C(/C=C(\NCC(=O)N1CCN(c2cc(OC)ncn2)CC1)c1ccccc1)c1ccc(F)cn1. The second-order valence-electron chi connectivity index (χ2n) is 8.02. The van der Waals surface area contributed by atoms with Gasteiger partial charge in [0.2, 0.25) is 11.8 Å². The van der Waals surface area contributed by atoms with Crippen molar-refractivity contribution < 1.29 is 13.9 Å². The minimum atomic E-state index is -0.419. The molecule has 36 heavy (non-hydrogen) atoms. The van der Waals surface area contributed by atoms with Gasteiger partial charge in [-0.1, -0.05) is 36.9 Å². The number of hydrogen-bond donors (Lipinski definition) is 1. The molecule has 1 amide bonds. The molecule has 3 aromatic rings. The van der Waals surface area contributed by atoms with E-state index in [0.717, 1.165) is 17.6 Å². The number of anilines is 1. The molecule has 0 aliphatic carbocycles. The van der Waals surface area contributed by atoms with E-state index >= 15 is 0 Å². The lowest BCUT2D eigenvalue weighted by Crippen LogP contribution is -2.51. The van der Waals surface area contributed by atoms with Gasteiger partial charge in [0.1, 0.15) is 18.0 Å². The number of nitrogens with one attached hydrogen (secondary N) is 1. The Morgan fingerprint density at radius 1 is 1.14 bits per heavy atom. The number of ether oxygens (including phenoxy) is 1. The standard InChI is InChI=1S/C27H27FN6O2/c1-3-20(23-10-9-22(28)17-29-23)15-24(21-7-5-4-6-8-21)30-18-27(35)34-13-11-33(12-14-34)25-16-26(36-2)32-19-31-25/h4-10,15-17,19,30H,1,11-14,18H2,2H3/b24-15-. The van der Waals surface area contributed by atoms with Gasteiger partial charge in [-0.3, -0.25) is 9.78 Å². The van der Waals surface area contributed by atoms with Crippen LogP contribution in [0.5, 0.6) is 5.88 Å². The summed E-state index contributed by atoms with van der Waals surface area (Å²) in [6, 6.07) is 14.3. The van der Waals surface area contributed by atoms with Gasteiger partial charge >= 0.3 is 0 Å². The first-order valence-corrected chi connectivity index (χ1v) is 11.5. The molecule has 9 heteroatoms. The fourth-order valence-electron chi connectivity index (χ4n) is 3.83. The number of nitrogens with zero attached hydrogens (tertiary/aromatic N) is 5. The Balaban J connectivity index is 1.43. The molecule has 1 N–H and O–H groups in total. The van der Waals surface area contributed by atoms with Crippen molar-refractivity contribution >= 4 is 23.0 Å². The maximum Gasteiger partial charge on any atom is 0.241 e. The minimum absolute atomic E-state index is 0.0132. The molecule has 1 aliphatic heterocycles. The molecule has 2 aromatic heterocycles. The van der Waals surface area contributed by atoms with E-state index in [4.69, 9.17) is 4.74 Å². The van der Waals surface area contributed by atoms with E-state index in [1.807, 2.05) is 41.3 Å². The van der Waals surface area contributed by atoms with Crippen molar-refractivity contribution in [1.29, 1.82) is 0 Å². The van der Waals surface area contributed by atoms with Crippen LogP contribution in [0.3, 0.4) is 0 Å². The Hall–Kier alpha value is -4.49. The number of amides is 1. The highest BCUT2D eigenvalue weighted by molar-refractivity contribution is 5.85. The molecule has 1 aromatic carbocycles. The molecule has 0 bridgehead atoms. The van der Waals surface area contributed by atoms with Gasteiger partial charge < -0.3 is 19.9 Å². The summed E-state index contributed by atoms with van der Waals surface area (Å²) in [5.41, 5.74) is 5.59. The van der Waals surface area contributed by atoms with Gasteiger partial charge in [0, 0.05) is 43.5 Å². The van der Waals surface area contributed by atoms with E-state index in [1.165, 1.54) is 12.4 Å². The van der Waals surface area contributed by atoms with E-state index in [-0.39, 0.29) is 12.5 Å². The van der Waals surface area contributed by atoms with E-state index in [0.29, 0.717) is 49.0 Å². The summed E-state index contributed by atoms with van der Waals surface area (Å²) >= 11 is 0. The first-order valence-electron chi connectivity index (χ1n) is 11.5. The van der Waals surface area contributed by atoms with Crippen LogP contribution >= 0.6 is 0 Å². The van der Waals surface area contributed by atoms with Crippen LogP contribution in [-0.4, -0.2) is 65.6 Å². The third-order valence-electron chi connectivity index (χ3n) is 5.79. The van der Waals surface area contributed by atoms with Gasteiger partial charge in [0.25, 0.3) is 0 Å². The number of carbonyl (C=O) groups is 1. The number of carbonyl (C=O) groups excluding carboxylic acids is 1. The second-order valence-corrected chi connectivity index (χ2v) is 8.02. The number of benzene rings is 1. The zero-order valence-corrected chi connectivity index (χ0v) is 20.0. The van der Waals surface area contributed by atoms with Crippen LogP contribution in [0.25, 0.3) is 11.3 Å². The van der Waals surface area contributed by atoms with Crippen LogP contribution in [0.2, 0.25) is 0 Å². The highest BCUT2D eigenvalue weighted by Gasteiger charge is 2.22. The Kier molecular flexibility index (Phi) is 8.05. The predicted octanol–water partition coefficient (Wildman–Crippen LogP) is 3.17. The lowest BCUT2D eigenvalue weighted by Gasteiger charge is -2.35. The van der Waals surface area contributed by atoms with Crippen molar-refractivity contribution in [2.24, 2.45) is 0 Å². The number of pyridine rings is 1. The molecule has 0 spiro atoms. The van der Waals surface area contributed by atoms with Crippen LogP contribution in [0.1, 0.15) is 11.3 Å². The van der Waals surface area contributed by atoms with Crippen molar-refractivity contribution in [3.05, 3.63) is 96.5 Å². The lowest BCUT2D eigenvalue weighted by atomic mass is 10.1. The molecule has 0 saturated carbocycles. The first kappa shape index (κ1) is 24.6. The van der Waals surface area contributed by atoms with Crippen LogP contribution in [-0.2, 0) is 4.79 Å². The van der Waals surface area contributed by atoms with Crippen LogP contribution < -0.4 is 15.0 Å². The number of allylic oxidation sites excluding steroid dienone is 2. The molecule has 184 valence electrons. The zero-order valence-electron chi connectivity index (χ0n) is 20.0. The maximum absolute atomic E-state index is 13.3. The number of piperazine rings is 1. The summed E-state index contributed by atoms with van der Waals surface area (Å²) in [6.45, 7) is 6.34. The topological polar surface area (TPSA) is 83.5 Å². The third kappa shape index (κ3) is 6.14. The monoisotopic (exact) mass is 486 g/mol. The number of hydrogen-bond acceptors (Lipinski definition) is 7. The van der Waals surface area contributed by atoms with Gasteiger partial charge in [-0.25, -0.2) is 14.4 Å². The number of halogens is 1. The summed E-state index contributed by atoms with van der Waals surface area (Å²) in [5, 5.41) is 3.27. The van der Waals surface area contributed by atoms with Crippen LogP contribution in [0.4, 0.5) is 10.2 Å². The summed E-state index contributed by atoms with van der Waals surface area (Å²) < 4.78 is 18.5. The van der Waals surface area contributed by atoms with Crippen molar-refractivity contribution in [1.82, 2.24) is 25.2 Å². The average molecular weight is 487 g/mol. The van der Waals surface area contributed by atoms with Crippen molar-refractivity contribution in [2.75, 3.05) is 44.7 Å². The fourth-order valence-corrected chi connectivity index (χ4v) is 3.83. The Morgan fingerprint density at radius 2 is 1.92 bits per heavy atom. The molecule has 1 fully saturated rings. The summed E-state index contributed by atoms with van der Waals surface area (Å²) in [7, 11) is 1.57. The fraction of sp³-hybridized carbons (Fsp3) is 0.222. The quantitative estimate of drug-likeness (QED) is 0.387. The molecule has 0 atom stereocenters. The maximum atomic E-state index is 13.3. The number of rotatable bonds is 8. The molecule has 4 rings (SSSR count). The van der Waals surface area contributed by atoms with E-state index in [9.17, 15) is 9.18 Å². The zero-order chi connectivity index (χ0) is 25.3. The predicted molar refractivity (Wildman–Crippen MR) is 137 cm³/mol. The van der Waals surface area contributed by atoms with Gasteiger partial charge in [0.15, 0.2) is 0 Å². The molecule has 1 saturated heterocycles. The first-order chi connectivity index (χ1) is 17.6. The minimum Gasteiger partial charge on any atom is -0.481 e. The number of aromatic nitrogens is 3. The van der Waals surface area contributed by atoms with E-state index < -0.39 is 5.82 Å². The van der Waals surface area contributed by atoms with Crippen molar-refractivity contribution in [3.8, 4) is 5.88 Å². The molecule has 3 heterocycles. The smallest absolute Gasteiger partial charge is 0.241 e.